The topological polar surface area (TPSA) is 76.7 Å². The predicted molar refractivity (Wildman–Crippen MR) is 55.6 cm³/mol. The Bertz CT molecular complexity index is 267. The molecular formula is C6H9N3O2S2. The van der Waals surface area contributed by atoms with Crippen molar-refractivity contribution in [2.75, 3.05) is 12.9 Å². The summed E-state index contributed by atoms with van der Waals surface area (Å²) in [6.45, 7) is 0. The number of amides is 1. The van der Waals surface area contributed by atoms with Crippen LogP contribution in [0.2, 0.25) is 0 Å². The molecule has 0 bridgehead atoms. The Morgan fingerprint density at radius 2 is 2.62 bits per heavy atom. The van der Waals surface area contributed by atoms with Crippen molar-refractivity contribution < 1.29 is 9.63 Å². The van der Waals surface area contributed by atoms with Gasteiger partial charge in [-0.1, -0.05) is 29.1 Å². The minimum Gasteiger partial charge on any atom is -0.399 e. The van der Waals surface area contributed by atoms with Gasteiger partial charge in [0.2, 0.25) is 0 Å². The number of nitrogens with one attached hydrogen (secondary N) is 1. The molecule has 7 heteroatoms. The monoisotopic (exact) mass is 219 g/mol. The van der Waals surface area contributed by atoms with Gasteiger partial charge in [-0.25, -0.2) is 0 Å². The second-order valence-electron chi connectivity index (χ2n) is 2.32. The van der Waals surface area contributed by atoms with Crippen molar-refractivity contribution in [3.05, 3.63) is 0 Å². The molecular weight excluding hydrogens is 210 g/mol. The quantitative estimate of drug-likeness (QED) is 0.379. The van der Waals surface area contributed by atoms with Crippen LogP contribution in [0.1, 0.15) is 0 Å². The molecule has 0 aromatic carbocycles. The zero-order valence-corrected chi connectivity index (χ0v) is 8.58. The van der Waals surface area contributed by atoms with Gasteiger partial charge in [0.05, 0.1) is 6.04 Å². The van der Waals surface area contributed by atoms with Crippen LogP contribution in [0.4, 0.5) is 0 Å². The summed E-state index contributed by atoms with van der Waals surface area (Å²) in [5, 5.41) is 6.45. The van der Waals surface area contributed by atoms with E-state index in [2.05, 4.69) is 15.3 Å². The molecule has 0 aromatic heterocycles. The van der Waals surface area contributed by atoms with E-state index in [1.807, 2.05) is 0 Å². The normalized spacial score (nSPS) is 22.7. The van der Waals surface area contributed by atoms with E-state index in [4.69, 9.17) is 18.0 Å². The van der Waals surface area contributed by atoms with Crippen LogP contribution in [-0.4, -0.2) is 34.8 Å². The van der Waals surface area contributed by atoms with Crippen molar-refractivity contribution in [1.82, 2.24) is 5.32 Å². The number of thioether (sulfide) groups is 1. The van der Waals surface area contributed by atoms with Crippen LogP contribution < -0.4 is 11.1 Å². The van der Waals surface area contributed by atoms with E-state index in [0.29, 0.717) is 10.1 Å². The summed E-state index contributed by atoms with van der Waals surface area (Å²) < 4.78 is 0.648. The summed E-state index contributed by atoms with van der Waals surface area (Å²) in [5.74, 6) is 0.0638. The molecule has 0 aromatic rings. The van der Waals surface area contributed by atoms with Crippen LogP contribution in [0, 0.1) is 0 Å². The highest BCUT2D eigenvalue weighted by Crippen LogP contribution is 2.14. The van der Waals surface area contributed by atoms with Crippen molar-refractivity contribution in [2.45, 2.75) is 6.04 Å². The average molecular weight is 219 g/mol. The lowest BCUT2D eigenvalue weighted by Crippen LogP contribution is -2.42. The number of nitrogens with two attached hydrogens (primary N) is 1. The molecule has 1 amide bonds. The maximum Gasteiger partial charge on any atom is 0.268 e. The van der Waals surface area contributed by atoms with E-state index in [0.717, 1.165) is 0 Å². The zero-order valence-electron chi connectivity index (χ0n) is 6.94. The Balaban J connectivity index is 2.71. The molecule has 3 N–H and O–H groups in total. The van der Waals surface area contributed by atoms with E-state index in [1.54, 1.807) is 0 Å². The molecule has 1 aliphatic heterocycles. The van der Waals surface area contributed by atoms with Gasteiger partial charge >= 0.3 is 0 Å². The minimum atomic E-state index is -0.593. The van der Waals surface area contributed by atoms with E-state index >= 15 is 0 Å². The van der Waals surface area contributed by atoms with Gasteiger partial charge in [-0.15, -0.1) is 0 Å². The maximum absolute atomic E-state index is 10.9. The number of nitrogens with zero attached hydrogens (tertiary/aromatic N) is 1. The Labute approximate surface area is 85.1 Å². The summed E-state index contributed by atoms with van der Waals surface area (Å²) in [4.78, 5) is 15.4. The molecule has 0 saturated carbocycles. The molecule has 1 fully saturated rings. The third-order valence-electron chi connectivity index (χ3n) is 1.45. The molecule has 1 unspecified atom stereocenters. The highest BCUT2D eigenvalue weighted by Gasteiger charge is 2.27. The fraction of sp³-hybridized carbons (Fsp3) is 0.500. The minimum absolute atomic E-state index is 0.176. The molecule has 0 radical (unpaired) electrons. The molecule has 1 saturated heterocycles. The van der Waals surface area contributed by atoms with Crippen LogP contribution in [0.25, 0.3) is 0 Å². The van der Waals surface area contributed by atoms with Crippen LogP contribution in [-0.2, 0) is 9.63 Å². The number of rotatable bonds is 3. The van der Waals surface area contributed by atoms with Gasteiger partial charge in [0.25, 0.3) is 5.91 Å². The molecule has 1 rings (SSSR count). The molecule has 13 heavy (non-hydrogen) atoms. The van der Waals surface area contributed by atoms with Crippen LogP contribution in [0.5, 0.6) is 0 Å². The number of carbonyl (C=O) groups excluding carboxylic acids is 1. The van der Waals surface area contributed by atoms with Gasteiger partial charge < -0.3 is 15.9 Å². The van der Waals surface area contributed by atoms with Gasteiger partial charge in [0.15, 0.2) is 5.71 Å². The predicted octanol–water partition coefficient (Wildman–Crippen LogP) is -0.536. The first-order valence-electron chi connectivity index (χ1n) is 3.49. The van der Waals surface area contributed by atoms with Crippen LogP contribution in [0.3, 0.4) is 0 Å². The molecule has 0 spiro atoms. The van der Waals surface area contributed by atoms with Crippen molar-refractivity contribution >= 4 is 39.9 Å². The van der Waals surface area contributed by atoms with E-state index < -0.39 is 5.91 Å². The number of hydrogen-bond donors (Lipinski definition) is 2. The van der Waals surface area contributed by atoms with E-state index in [-0.39, 0.29) is 11.8 Å². The van der Waals surface area contributed by atoms with Gasteiger partial charge in [-0.05, 0) is 0 Å². The fourth-order valence-electron chi connectivity index (χ4n) is 0.911. The SMILES string of the molecule is CO/N=C(/C(N)=O)C1CSC(=S)N1. The van der Waals surface area contributed by atoms with Crippen molar-refractivity contribution in [1.29, 1.82) is 0 Å². The van der Waals surface area contributed by atoms with Gasteiger partial charge in [0, 0.05) is 5.75 Å². The number of primary amides is 1. The van der Waals surface area contributed by atoms with E-state index in [1.165, 1.54) is 18.9 Å². The van der Waals surface area contributed by atoms with E-state index in [9.17, 15) is 4.79 Å². The maximum atomic E-state index is 10.9. The Morgan fingerprint density at radius 1 is 1.92 bits per heavy atom. The molecule has 0 aliphatic carbocycles. The third-order valence-corrected chi connectivity index (χ3v) is 2.80. The summed E-state index contributed by atoms with van der Waals surface area (Å²) in [6.07, 6.45) is 0. The van der Waals surface area contributed by atoms with Gasteiger partial charge in [-0.3, -0.25) is 4.79 Å². The van der Waals surface area contributed by atoms with Crippen LogP contribution in [0.15, 0.2) is 5.16 Å². The lowest BCUT2D eigenvalue weighted by Gasteiger charge is -2.08. The highest BCUT2D eigenvalue weighted by atomic mass is 32.2. The first kappa shape index (κ1) is 10.3. The Morgan fingerprint density at radius 3 is 3.00 bits per heavy atom. The molecule has 1 heterocycles. The first-order chi connectivity index (χ1) is 6.15. The van der Waals surface area contributed by atoms with Crippen molar-refractivity contribution in [2.24, 2.45) is 10.9 Å². The molecule has 1 aliphatic rings. The Kier molecular flexibility index (Phi) is 3.49. The number of carbonyl (C=O) groups is 1. The summed E-state index contributed by atoms with van der Waals surface area (Å²) in [7, 11) is 1.36. The average Bonchev–Trinajstić information content (AvgIpc) is 2.46. The Hall–Kier alpha value is -0.820. The molecule has 72 valence electrons. The smallest absolute Gasteiger partial charge is 0.268 e. The standard InChI is InChI=1S/C6H9N3O2S2/c1-11-9-4(5(7)10)3-2-13-6(12)8-3/h3H,2H2,1H3,(H2,7,10)(H,8,12)/b9-4+. The summed E-state index contributed by atoms with van der Waals surface area (Å²) >= 11 is 6.34. The second-order valence-corrected chi connectivity index (χ2v) is 4.02. The highest BCUT2D eigenvalue weighted by molar-refractivity contribution is 8.23. The number of thiocarbonyl (C=S) groups is 1. The largest absolute Gasteiger partial charge is 0.399 e. The van der Waals surface area contributed by atoms with Crippen molar-refractivity contribution in [3.8, 4) is 0 Å². The lowest BCUT2D eigenvalue weighted by atomic mass is 10.2. The van der Waals surface area contributed by atoms with Gasteiger partial charge in [-0.2, -0.15) is 0 Å². The molecule has 1 atom stereocenters. The summed E-state index contributed by atoms with van der Waals surface area (Å²) in [6, 6.07) is -0.227. The first-order valence-corrected chi connectivity index (χ1v) is 4.88. The second kappa shape index (κ2) is 4.43. The van der Waals surface area contributed by atoms with Crippen molar-refractivity contribution in [3.63, 3.8) is 0 Å². The number of hydrogen-bond acceptors (Lipinski definition) is 5. The van der Waals surface area contributed by atoms with Gasteiger partial charge in [0.1, 0.15) is 11.4 Å². The molecule has 5 nitrogen and oxygen atoms in total. The van der Waals surface area contributed by atoms with Crippen LogP contribution >= 0.6 is 24.0 Å². The lowest BCUT2D eigenvalue weighted by molar-refractivity contribution is -0.112. The summed E-state index contributed by atoms with van der Waals surface area (Å²) in [5.41, 5.74) is 5.28. The third kappa shape index (κ3) is 2.56. The zero-order chi connectivity index (χ0) is 9.84. The fourth-order valence-corrected chi connectivity index (χ4v) is 2.04. The number of oxime groups is 1.